The van der Waals surface area contributed by atoms with Crippen LogP contribution in [0, 0.1) is 5.41 Å². The van der Waals surface area contributed by atoms with Crippen LogP contribution in [-0.2, 0) is 11.3 Å². The number of nitrogens with one attached hydrogen (secondary N) is 1. The Bertz CT molecular complexity index is 1280. The van der Waals surface area contributed by atoms with Crippen LogP contribution in [0.5, 0.6) is 5.75 Å². The number of ether oxygens (including phenoxy) is 1. The number of aliphatic carboxylic acids is 1. The number of benzene rings is 2. The van der Waals surface area contributed by atoms with E-state index in [1.807, 2.05) is 45.0 Å². The van der Waals surface area contributed by atoms with Crippen molar-refractivity contribution in [3.05, 3.63) is 53.6 Å². The Labute approximate surface area is 206 Å². The van der Waals surface area contributed by atoms with Crippen LogP contribution in [-0.4, -0.2) is 34.2 Å². The molecule has 2 aromatic carbocycles. The third kappa shape index (κ3) is 4.30. The van der Waals surface area contributed by atoms with Crippen LogP contribution in [0.4, 0.5) is 0 Å². The summed E-state index contributed by atoms with van der Waals surface area (Å²) in [6, 6.07) is 13.1. The fourth-order valence-corrected chi connectivity index (χ4v) is 5.74. The average molecular weight is 475 g/mol. The molecule has 6 nitrogen and oxygen atoms in total. The van der Waals surface area contributed by atoms with Gasteiger partial charge < -0.3 is 19.7 Å². The Morgan fingerprint density at radius 1 is 1.09 bits per heavy atom. The number of carboxylic acids is 1. The van der Waals surface area contributed by atoms with Gasteiger partial charge in [0.15, 0.2) is 0 Å². The summed E-state index contributed by atoms with van der Waals surface area (Å²) in [7, 11) is 0. The van der Waals surface area contributed by atoms with Crippen molar-refractivity contribution in [1.29, 1.82) is 0 Å². The van der Waals surface area contributed by atoms with E-state index in [1.54, 1.807) is 0 Å². The van der Waals surface area contributed by atoms with E-state index in [2.05, 4.69) is 28.1 Å². The highest BCUT2D eigenvalue weighted by molar-refractivity contribution is 6.02. The van der Waals surface area contributed by atoms with Gasteiger partial charge in [0.25, 0.3) is 5.91 Å². The fourth-order valence-electron chi connectivity index (χ4n) is 5.74. The van der Waals surface area contributed by atoms with Gasteiger partial charge in [0.2, 0.25) is 0 Å². The van der Waals surface area contributed by atoms with Gasteiger partial charge in [-0.05, 0) is 54.0 Å². The molecule has 35 heavy (non-hydrogen) atoms. The lowest BCUT2D eigenvalue weighted by molar-refractivity contribution is -0.142. The van der Waals surface area contributed by atoms with E-state index < -0.39 is 17.4 Å². The van der Waals surface area contributed by atoms with Gasteiger partial charge in [-0.25, -0.2) is 4.79 Å². The van der Waals surface area contributed by atoms with Crippen molar-refractivity contribution in [1.82, 2.24) is 9.88 Å². The third-order valence-corrected chi connectivity index (χ3v) is 7.48. The van der Waals surface area contributed by atoms with Gasteiger partial charge in [0.1, 0.15) is 18.4 Å². The summed E-state index contributed by atoms with van der Waals surface area (Å²) in [6.07, 6.45) is 6.09. The standard InChI is InChI=1S/C29H34N2O4/c1-29(2,3)26(28(33)34)30-27(32)19-13-14-20-22(17-19)31-15-16-35-23-12-8-7-11-21(23)25(31)24(20)18-9-5-4-6-10-18/h7-8,11-14,17-18,26H,4-6,9-10,15-16H2,1-3H3,(H,30,32)(H,33,34). The summed E-state index contributed by atoms with van der Waals surface area (Å²) in [5.41, 5.74) is 4.55. The summed E-state index contributed by atoms with van der Waals surface area (Å²) in [5.74, 6) is -0.0183. The van der Waals surface area contributed by atoms with Gasteiger partial charge in [0, 0.05) is 22.0 Å². The zero-order valence-corrected chi connectivity index (χ0v) is 20.8. The molecule has 1 atom stereocenters. The molecule has 184 valence electrons. The maximum absolute atomic E-state index is 13.2. The first-order valence-electron chi connectivity index (χ1n) is 12.7. The van der Waals surface area contributed by atoms with E-state index in [1.165, 1.54) is 48.7 Å². The summed E-state index contributed by atoms with van der Waals surface area (Å²) >= 11 is 0. The minimum Gasteiger partial charge on any atom is -0.491 e. The van der Waals surface area contributed by atoms with Gasteiger partial charge in [-0.2, -0.15) is 0 Å². The number of amides is 1. The van der Waals surface area contributed by atoms with Crippen molar-refractivity contribution >= 4 is 22.8 Å². The number of carbonyl (C=O) groups excluding carboxylic acids is 1. The zero-order valence-electron chi connectivity index (χ0n) is 20.8. The fraction of sp³-hybridized carbons (Fsp3) is 0.448. The molecule has 1 amide bonds. The Balaban J connectivity index is 1.65. The molecule has 1 aromatic heterocycles. The number of nitrogens with zero attached hydrogens (tertiary/aromatic N) is 1. The number of para-hydroxylation sites is 1. The van der Waals surface area contributed by atoms with Crippen LogP contribution in [0.15, 0.2) is 42.5 Å². The minimum absolute atomic E-state index is 0.366. The second-order valence-corrected chi connectivity index (χ2v) is 10.9. The largest absolute Gasteiger partial charge is 0.491 e. The molecule has 2 aliphatic rings. The number of rotatable bonds is 4. The van der Waals surface area contributed by atoms with Crippen molar-refractivity contribution in [3.63, 3.8) is 0 Å². The van der Waals surface area contributed by atoms with Crippen molar-refractivity contribution in [3.8, 4) is 17.0 Å². The number of fused-ring (bicyclic) bond motifs is 5. The molecule has 1 aliphatic carbocycles. The van der Waals surface area contributed by atoms with E-state index in [9.17, 15) is 14.7 Å². The smallest absolute Gasteiger partial charge is 0.326 e. The quantitative estimate of drug-likeness (QED) is 0.488. The number of carboxylic acid groups (broad SMARTS) is 1. The summed E-state index contributed by atoms with van der Waals surface area (Å²) in [6.45, 7) is 6.69. The molecule has 0 saturated heterocycles. The molecule has 1 unspecified atom stereocenters. The van der Waals surface area contributed by atoms with Crippen LogP contribution >= 0.6 is 0 Å². The monoisotopic (exact) mass is 474 g/mol. The molecule has 0 radical (unpaired) electrons. The van der Waals surface area contributed by atoms with E-state index >= 15 is 0 Å². The van der Waals surface area contributed by atoms with E-state index in [4.69, 9.17) is 4.74 Å². The molecule has 1 fully saturated rings. The molecule has 1 aliphatic heterocycles. The topological polar surface area (TPSA) is 80.6 Å². The van der Waals surface area contributed by atoms with Gasteiger partial charge in [-0.1, -0.05) is 58.2 Å². The lowest BCUT2D eigenvalue weighted by Crippen LogP contribution is -2.49. The SMILES string of the molecule is CC(C)(C)C(NC(=O)c1ccc2c(C3CCCCC3)c3n(c2c1)CCOc1ccccc1-3)C(=O)O. The van der Waals surface area contributed by atoms with Crippen LogP contribution in [0.1, 0.15) is 74.7 Å². The summed E-state index contributed by atoms with van der Waals surface area (Å²) in [5, 5.41) is 13.6. The minimum atomic E-state index is -1.03. The molecule has 2 N–H and O–H groups in total. The highest BCUT2D eigenvalue weighted by atomic mass is 16.5. The second-order valence-electron chi connectivity index (χ2n) is 10.9. The summed E-state index contributed by atoms with van der Waals surface area (Å²) in [4.78, 5) is 25.0. The third-order valence-electron chi connectivity index (χ3n) is 7.48. The van der Waals surface area contributed by atoms with E-state index in [0.717, 1.165) is 16.8 Å². The van der Waals surface area contributed by atoms with Crippen LogP contribution in [0.25, 0.3) is 22.2 Å². The number of hydrogen-bond donors (Lipinski definition) is 2. The molecule has 1 saturated carbocycles. The lowest BCUT2D eigenvalue weighted by atomic mass is 9.81. The normalized spacial score (nSPS) is 17.1. The van der Waals surface area contributed by atoms with E-state index in [-0.39, 0.29) is 5.91 Å². The predicted octanol–water partition coefficient (Wildman–Crippen LogP) is 5.98. The maximum atomic E-state index is 13.2. The maximum Gasteiger partial charge on any atom is 0.326 e. The molecule has 6 heteroatoms. The molecule has 3 aromatic rings. The second kappa shape index (κ2) is 9.06. The number of aromatic nitrogens is 1. The van der Waals surface area contributed by atoms with Gasteiger partial charge in [-0.15, -0.1) is 0 Å². The number of carbonyl (C=O) groups is 2. The summed E-state index contributed by atoms with van der Waals surface area (Å²) < 4.78 is 8.42. The molecule has 0 bridgehead atoms. The van der Waals surface area contributed by atoms with Gasteiger partial charge in [0.05, 0.1) is 12.2 Å². The van der Waals surface area contributed by atoms with Crippen molar-refractivity contribution in [2.45, 2.75) is 71.4 Å². The Hall–Kier alpha value is -3.28. The first kappa shape index (κ1) is 23.5. The molecular formula is C29H34N2O4. The van der Waals surface area contributed by atoms with Crippen molar-refractivity contribution in [2.24, 2.45) is 5.41 Å². The average Bonchev–Trinajstić information content (AvgIpc) is 3.03. The van der Waals surface area contributed by atoms with E-state index in [0.29, 0.717) is 24.6 Å². The van der Waals surface area contributed by atoms with Crippen LogP contribution in [0.3, 0.4) is 0 Å². The predicted molar refractivity (Wildman–Crippen MR) is 137 cm³/mol. The molecule has 2 heterocycles. The highest BCUT2D eigenvalue weighted by Gasteiger charge is 2.33. The van der Waals surface area contributed by atoms with Crippen molar-refractivity contribution < 1.29 is 19.4 Å². The molecule has 0 spiro atoms. The Morgan fingerprint density at radius 2 is 1.83 bits per heavy atom. The number of hydrogen-bond acceptors (Lipinski definition) is 3. The molecular weight excluding hydrogens is 440 g/mol. The first-order valence-corrected chi connectivity index (χ1v) is 12.7. The Morgan fingerprint density at radius 3 is 2.54 bits per heavy atom. The molecule has 5 rings (SSSR count). The van der Waals surface area contributed by atoms with Gasteiger partial charge in [-0.3, -0.25) is 4.79 Å². The van der Waals surface area contributed by atoms with Gasteiger partial charge >= 0.3 is 5.97 Å². The highest BCUT2D eigenvalue weighted by Crippen LogP contribution is 2.47. The Kier molecular flexibility index (Phi) is 6.07. The lowest BCUT2D eigenvalue weighted by Gasteiger charge is -2.27. The van der Waals surface area contributed by atoms with Crippen LogP contribution < -0.4 is 10.1 Å². The van der Waals surface area contributed by atoms with Crippen LogP contribution in [0.2, 0.25) is 0 Å². The van der Waals surface area contributed by atoms with Crippen molar-refractivity contribution in [2.75, 3.05) is 6.61 Å². The zero-order chi connectivity index (χ0) is 24.7. The first-order chi connectivity index (χ1) is 16.8.